The second-order valence-corrected chi connectivity index (χ2v) is 6.03. The molecule has 5 heteroatoms. The Bertz CT molecular complexity index is 601. The Labute approximate surface area is 118 Å². The smallest absolute Gasteiger partial charge is 0.0592 e. The number of nitrogens with two attached hydrogens (primary N) is 1. The molecule has 2 aromatic rings. The van der Waals surface area contributed by atoms with Crippen molar-refractivity contribution in [2.24, 2.45) is 0 Å². The van der Waals surface area contributed by atoms with Crippen LogP contribution in [0.15, 0.2) is 47.4 Å². The quantitative estimate of drug-likeness (QED) is 0.874. The van der Waals surface area contributed by atoms with Gasteiger partial charge in [0.1, 0.15) is 0 Å². The fraction of sp³-hybridized carbons (Fsp3) is 0.0769. The van der Waals surface area contributed by atoms with E-state index in [1.165, 1.54) is 0 Å². The van der Waals surface area contributed by atoms with E-state index in [1.807, 2.05) is 18.2 Å². The van der Waals surface area contributed by atoms with Crippen molar-refractivity contribution >= 4 is 39.7 Å². The maximum atomic E-state index is 12.3. The molecule has 0 saturated carbocycles. The van der Waals surface area contributed by atoms with Crippen LogP contribution in [-0.2, 0) is 16.6 Å². The van der Waals surface area contributed by atoms with Crippen LogP contribution in [0.5, 0.6) is 0 Å². The van der Waals surface area contributed by atoms with Crippen LogP contribution in [0.1, 0.15) is 5.56 Å². The summed E-state index contributed by atoms with van der Waals surface area (Å²) in [6.07, 6.45) is 0. The molecule has 0 fully saturated rings. The Balaban J connectivity index is 2.28. The van der Waals surface area contributed by atoms with Gasteiger partial charge in [-0.05, 0) is 29.8 Å². The maximum absolute atomic E-state index is 12.3. The van der Waals surface area contributed by atoms with Crippen molar-refractivity contribution in [3.8, 4) is 0 Å². The van der Waals surface area contributed by atoms with Gasteiger partial charge in [0.15, 0.2) is 0 Å². The molecule has 0 spiro atoms. The molecule has 0 aliphatic heterocycles. The highest BCUT2D eigenvalue weighted by Gasteiger charge is 2.11. The van der Waals surface area contributed by atoms with E-state index in [-0.39, 0.29) is 0 Å². The Kier molecular flexibility index (Phi) is 4.27. The van der Waals surface area contributed by atoms with Gasteiger partial charge in [-0.25, -0.2) is 0 Å². The minimum absolute atomic E-state index is 0.326. The van der Waals surface area contributed by atoms with Crippen LogP contribution >= 0.6 is 23.2 Å². The fourth-order valence-corrected chi connectivity index (χ4v) is 3.39. The van der Waals surface area contributed by atoms with Gasteiger partial charge in [-0.1, -0.05) is 41.4 Å². The Morgan fingerprint density at radius 2 is 1.83 bits per heavy atom. The average Bonchev–Trinajstić information content (AvgIpc) is 2.35. The molecule has 0 heterocycles. The van der Waals surface area contributed by atoms with Crippen molar-refractivity contribution in [3.63, 3.8) is 0 Å². The second-order valence-electron chi connectivity index (χ2n) is 3.76. The third kappa shape index (κ3) is 3.05. The van der Waals surface area contributed by atoms with E-state index in [9.17, 15) is 4.21 Å². The molecular formula is C13H11Cl2NOS. The summed E-state index contributed by atoms with van der Waals surface area (Å²) in [5.74, 6) is 0.326. The van der Waals surface area contributed by atoms with Crippen LogP contribution in [0, 0.1) is 0 Å². The molecule has 1 unspecified atom stereocenters. The molecule has 0 bridgehead atoms. The van der Waals surface area contributed by atoms with Crippen molar-refractivity contribution in [3.05, 3.63) is 58.1 Å². The standard InChI is InChI=1S/C13H11Cl2NOS/c14-10-5-6-11(15)13(7-10)18(17)8-9-3-1-2-4-12(9)16/h1-7H,8,16H2. The van der Waals surface area contributed by atoms with Gasteiger partial charge >= 0.3 is 0 Å². The van der Waals surface area contributed by atoms with Crippen LogP contribution in [0.3, 0.4) is 0 Å². The molecule has 0 radical (unpaired) electrons. The largest absolute Gasteiger partial charge is 0.398 e. The minimum Gasteiger partial charge on any atom is -0.398 e. The first-order chi connectivity index (χ1) is 8.58. The van der Waals surface area contributed by atoms with E-state index in [0.717, 1.165) is 5.56 Å². The van der Waals surface area contributed by atoms with Crippen LogP contribution in [0.2, 0.25) is 10.0 Å². The zero-order valence-corrected chi connectivity index (χ0v) is 11.7. The molecule has 2 nitrogen and oxygen atoms in total. The fourth-order valence-electron chi connectivity index (χ4n) is 1.54. The summed E-state index contributed by atoms with van der Waals surface area (Å²) in [6, 6.07) is 12.3. The topological polar surface area (TPSA) is 43.1 Å². The molecule has 94 valence electrons. The van der Waals surface area contributed by atoms with E-state index < -0.39 is 10.8 Å². The summed E-state index contributed by atoms with van der Waals surface area (Å²) in [5, 5.41) is 0.969. The predicted octanol–water partition coefficient (Wildman–Crippen LogP) is 3.88. The lowest BCUT2D eigenvalue weighted by Crippen LogP contribution is -2.00. The van der Waals surface area contributed by atoms with Crippen molar-refractivity contribution in [1.82, 2.24) is 0 Å². The number of hydrogen-bond donors (Lipinski definition) is 1. The third-order valence-electron chi connectivity index (χ3n) is 2.48. The van der Waals surface area contributed by atoms with E-state index in [2.05, 4.69) is 0 Å². The number of halogens is 2. The molecule has 2 aromatic carbocycles. The SMILES string of the molecule is Nc1ccccc1CS(=O)c1cc(Cl)ccc1Cl. The van der Waals surface area contributed by atoms with Gasteiger partial charge in [-0.2, -0.15) is 0 Å². The third-order valence-corrected chi connectivity index (χ3v) is 4.56. The zero-order chi connectivity index (χ0) is 13.1. The lowest BCUT2D eigenvalue weighted by molar-refractivity contribution is 0.682. The van der Waals surface area contributed by atoms with Gasteiger partial charge in [0.2, 0.25) is 0 Å². The molecule has 2 N–H and O–H groups in total. The van der Waals surface area contributed by atoms with Crippen molar-refractivity contribution in [1.29, 1.82) is 0 Å². The maximum Gasteiger partial charge on any atom is 0.0592 e. The zero-order valence-electron chi connectivity index (χ0n) is 9.40. The Morgan fingerprint density at radius 1 is 1.11 bits per heavy atom. The molecule has 2 rings (SSSR count). The highest BCUT2D eigenvalue weighted by Crippen LogP contribution is 2.26. The highest BCUT2D eigenvalue weighted by molar-refractivity contribution is 7.84. The molecule has 18 heavy (non-hydrogen) atoms. The van der Waals surface area contributed by atoms with Crippen molar-refractivity contribution < 1.29 is 4.21 Å². The van der Waals surface area contributed by atoms with Gasteiger partial charge < -0.3 is 5.73 Å². The lowest BCUT2D eigenvalue weighted by atomic mass is 10.2. The van der Waals surface area contributed by atoms with Crippen LogP contribution in [-0.4, -0.2) is 4.21 Å². The second kappa shape index (κ2) is 5.74. The number of benzene rings is 2. The molecule has 0 saturated heterocycles. The van der Waals surface area contributed by atoms with Gasteiger partial charge in [0.05, 0.1) is 26.5 Å². The van der Waals surface area contributed by atoms with Crippen LogP contribution in [0.4, 0.5) is 5.69 Å². The average molecular weight is 300 g/mol. The monoisotopic (exact) mass is 299 g/mol. The number of rotatable bonds is 3. The molecule has 0 aromatic heterocycles. The summed E-state index contributed by atoms with van der Waals surface area (Å²) in [5.41, 5.74) is 7.29. The van der Waals surface area contributed by atoms with E-state index >= 15 is 0 Å². The lowest BCUT2D eigenvalue weighted by Gasteiger charge is -2.07. The van der Waals surface area contributed by atoms with Gasteiger partial charge in [0, 0.05) is 10.7 Å². The van der Waals surface area contributed by atoms with Crippen LogP contribution < -0.4 is 5.73 Å². The number of para-hydroxylation sites is 1. The Morgan fingerprint density at radius 3 is 2.56 bits per heavy atom. The van der Waals surface area contributed by atoms with Gasteiger partial charge in [0.25, 0.3) is 0 Å². The first-order valence-corrected chi connectivity index (χ1v) is 7.32. The summed E-state index contributed by atoms with van der Waals surface area (Å²) < 4.78 is 12.3. The summed E-state index contributed by atoms with van der Waals surface area (Å²) in [6.45, 7) is 0. The van der Waals surface area contributed by atoms with E-state index in [1.54, 1.807) is 24.3 Å². The predicted molar refractivity (Wildman–Crippen MR) is 77.4 cm³/mol. The number of anilines is 1. The van der Waals surface area contributed by atoms with Crippen molar-refractivity contribution in [2.75, 3.05) is 5.73 Å². The van der Waals surface area contributed by atoms with E-state index in [0.29, 0.717) is 26.4 Å². The highest BCUT2D eigenvalue weighted by atomic mass is 35.5. The molecule has 0 aliphatic carbocycles. The molecule has 0 aliphatic rings. The van der Waals surface area contributed by atoms with Gasteiger partial charge in [-0.3, -0.25) is 4.21 Å². The molecule has 1 atom stereocenters. The molecular weight excluding hydrogens is 289 g/mol. The number of nitrogen functional groups attached to an aromatic ring is 1. The first-order valence-electron chi connectivity index (χ1n) is 5.25. The summed E-state index contributed by atoms with van der Waals surface area (Å²) in [4.78, 5) is 0.535. The summed E-state index contributed by atoms with van der Waals surface area (Å²) >= 11 is 11.9. The van der Waals surface area contributed by atoms with E-state index in [4.69, 9.17) is 28.9 Å². The summed E-state index contributed by atoms with van der Waals surface area (Å²) in [7, 11) is -1.26. The van der Waals surface area contributed by atoms with Crippen LogP contribution in [0.25, 0.3) is 0 Å². The number of hydrogen-bond acceptors (Lipinski definition) is 2. The molecule has 0 amide bonds. The van der Waals surface area contributed by atoms with Gasteiger partial charge in [-0.15, -0.1) is 0 Å². The minimum atomic E-state index is -1.26. The Hall–Kier alpha value is -1.03. The van der Waals surface area contributed by atoms with Crippen molar-refractivity contribution in [2.45, 2.75) is 10.6 Å². The normalized spacial score (nSPS) is 12.3. The first kappa shape index (κ1) is 13.4.